The fourth-order valence-corrected chi connectivity index (χ4v) is 1.73. The van der Waals surface area contributed by atoms with Gasteiger partial charge in [-0.15, -0.1) is 0 Å². The Morgan fingerprint density at radius 2 is 2.05 bits per heavy atom. The van der Waals surface area contributed by atoms with Crippen LogP contribution in [-0.4, -0.2) is 27.6 Å². The fourth-order valence-electron chi connectivity index (χ4n) is 1.73. The Hall–Kier alpha value is -2.44. The Bertz CT molecular complexity index is 579. The van der Waals surface area contributed by atoms with Gasteiger partial charge >= 0.3 is 0 Å². The monoisotopic (exact) mass is 289 g/mol. The highest BCUT2D eigenvalue weighted by atomic mass is 16.5. The molecule has 0 fully saturated rings. The molecule has 2 rings (SSSR count). The first-order valence-electron chi connectivity index (χ1n) is 6.99. The third-order valence-corrected chi connectivity index (χ3v) is 2.85. The number of carbonyl (C=O) groups excluding carboxylic acids is 1. The van der Waals surface area contributed by atoms with Crippen LogP contribution in [0.4, 0.5) is 11.8 Å². The van der Waals surface area contributed by atoms with Gasteiger partial charge in [-0.3, -0.25) is 4.79 Å². The third kappa shape index (κ3) is 4.55. The molecule has 0 bridgehead atoms. The van der Waals surface area contributed by atoms with E-state index in [0.717, 1.165) is 19.3 Å². The molecule has 2 N–H and O–H groups in total. The van der Waals surface area contributed by atoms with Crippen LogP contribution in [0.5, 0.6) is 0 Å². The number of hydrogen-bond acceptors (Lipinski definition) is 6. The fraction of sp³-hybridized carbons (Fsp3) is 0.429. The normalized spacial score (nSPS) is 10.4. The zero-order valence-corrected chi connectivity index (χ0v) is 12.2. The van der Waals surface area contributed by atoms with E-state index in [4.69, 9.17) is 4.52 Å². The first-order valence-corrected chi connectivity index (χ1v) is 6.99. The quantitative estimate of drug-likeness (QED) is 0.760. The van der Waals surface area contributed by atoms with Crippen molar-refractivity contribution in [2.45, 2.75) is 33.1 Å². The first-order chi connectivity index (χ1) is 10.2. The van der Waals surface area contributed by atoms with Gasteiger partial charge in [-0.05, 0) is 13.3 Å². The Labute approximate surface area is 123 Å². The number of amides is 1. The smallest absolute Gasteiger partial charge is 0.254 e. The van der Waals surface area contributed by atoms with Crippen molar-refractivity contribution in [1.29, 1.82) is 0 Å². The zero-order valence-electron chi connectivity index (χ0n) is 12.2. The standard InChI is InChI=1S/C14H19N5O2/c1-3-4-5-6-15-13(20)11-8-16-14(17-9-11)18-12-7-10(2)21-19-12/h7-9H,3-6H2,1-2H3,(H,15,20)(H,16,17,18,19). The molecule has 0 saturated carbocycles. The summed E-state index contributed by atoms with van der Waals surface area (Å²) in [5.41, 5.74) is 0.438. The molecule has 0 aromatic carbocycles. The molecule has 7 nitrogen and oxygen atoms in total. The Kier molecular flexibility index (Phi) is 5.25. The van der Waals surface area contributed by atoms with Gasteiger partial charge in [0.25, 0.3) is 5.91 Å². The summed E-state index contributed by atoms with van der Waals surface area (Å²) in [6.45, 7) is 4.59. The minimum Gasteiger partial charge on any atom is -0.360 e. The number of anilines is 2. The molecule has 2 aromatic rings. The highest BCUT2D eigenvalue weighted by Gasteiger charge is 2.07. The van der Waals surface area contributed by atoms with Crippen molar-refractivity contribution in [3.8, 4) is 0 Å². The molecule has 21 heavy (non-hydrogen) atoms. The van der Waals surface area contributed by atoms with E-state index in [0.29, 0.717) is 29.6 Å². The molecule has 2 heterocycles. The lowest BCUT2D eigenvalue weighted by Gasteiger charge is -2.05. The van der Waals surface area contributed by atoms with E-state index in [-0.39, 0.29) is 5.91 Å². The van der Waals surface area contributed by atoms with E-state index in [1.54, 1.807) is 13.0 Å². The van der Waals surface area contributed by atoms with Gasteiger partial charge in [-0.1, -0.05) is 24.9 Å². The van der Waals surface area contributed by atoms with Crippen molar-refractivity contribution >= 4 is 17.7 Å². The van der Waals surface area contributed by atoms with Crippen molar-refractivity contribution in [3.05, 3.63) is 29.8 Å². The van der Waals surface area contributed by atoms with Gasteiger partial charge < -0.3 is 15.2 Å². The molecule has 2 aromatic heterocycles. The summed E-state index contributed by atoms with van der Waals surface area (Å²) in [6, 6.07) is 1.73. The van der Waals surface area contributed by atoms with Crippen molar-refractivity contribution in [2.75, 3.05) is 11.9 Å². The van der Waals surface area contributed by atoms with Gasteiger partial charge in [-0.2, -0.15) is 0 Å². The van der Waals surface area contributed by atoms with Gasteiger partial charge in [0.05, 0.1) is 5.56 Å². The van der Waals surface area contributed by atoms with E-state index < -0.39 is 0 Å². The molecule has 0 saturated heterocycles. The lowest BCUT2D eigenvalue weighted by molar-refractivity contribution is 0.0952. The van der Waals surface area contributed by atoms with Crippen molar-refractivity contribution < 1.29 is 9.32 Å². The van der Waals surface area contributed by atoms with Crippen LogP contribution < -0.4 is 10.6 Å². The topological polar surface area (TPSA) is 92.9 Å². The lowest BCUT2D eigenvalue weighted by atomic mass is 10.2. The molecule has 0 aliphatic heterocycles. The average molecular weight is 289 g/mol. The Balaban J connectivity index is 1.87. The van der Waals surface area contributed by atoms with E-state index >= 15 is 0 Å². The predicted molar refractivity (Wildman–Crippen MR) is 78.4 cm³/mol. The van der Waals surface area contributed by atoms with E-state index in [9.17, 15) is 4.79 Å². The molecular formula is C14H19N5O2. The summed E-state index contributed by atoms with van der Waals surface area (Å²) < 4.78 is 4.93. The van der Waals surface area contributed by atoms with Gasteiger partial charge in [0.1, 0.15) is 5.76 Å². The molecule has 112 valence electrons. The second kappa shape index (κ2) is 7.37. The summed E-state index contributed by atoms with van der Waals surface area (Å²) in [6.07, 6.45) is 6.18. The van der Waals surface area contributed by atoms with Crippen molar-refractivity contribution in [2.24, 2.45) is 0 Å². The largest absolute Gasteiger partial charge is 0.360 e. The van der Waals surface area contributed by atoms with Crippen molar-refractivity contribution in [3.63, 3.8) is 0 Å². The summed E-state index contributed by atoms with van der Waals surface area (Å²) in [7, 11) is 0. The molecule has 0 atom stereocenters. The van der Waals surface area contributed by atoms with Crippen LogP contribution in [-0.2, 0) is 0 Å². The van der Waals surface area contributed by atoms with Crippen LogP contribution >= 0.6 is 0 Å². The number of nitrogens with one attached hydrogen (secondary N) is 2. The molecule has 1 amide bonds. The number of carbonyl (C=O) groups is 1. The number of rotatable bonds is 7. The number of unbranched alkanes of at least 4 members (excludes halogenated alkanes) is 2. The number of nitrogens with zero attached hydrogens (tertiary/aromatic N) is 3. The van der Waals surface area contributed by atoms with Crippen LogP contribution in [0.2, 0.25) is 0 Å². The predicted octanol–water partition coefficient (Wildman–Crippen LogP) is 2.44. The molecule has 0 aliphatic carbocycles. The minimum atomic E-state index is -0.157. The Morgan fingerprint density at radius 3 is 2.67 bits per heavy atom. The van der Waals surface area contributed by atoms with Gasteiger partial charge in [0.15, 0.2) is 5.82 Å². The molecule has 7 heteroatoms. The average Bonchev–Trinajstić information content (AvgIpc) is 2.89. The zero-order chi connectivity index (χ0) is 15.1. The van der Waals surface area contributed by atoms with E-state index in [2.05, 4.69) is 32.7 Å². The molecule has 0 spiro atoms. The second-order valence-corrected chi connectivity index (χ2v) is 4.71. The highest BCUT2D eigenvalue weighted by Crippen LogP contribution is 2.12. The van der Waals surface area contributed by atoms with Crippen LogP contribution in [0, 0.1) is 6.92 Å². The first kappa shape index (κ1) is 15.0. The molecule has 0 aliphatic rings. The van der Waals surface area contributed by atoms with Gasteiger partial charge in [-0.25, -0.2) is 9.97 Å². The maximum absolute atomic E-state index is 11.8. The van der Waals surface area contributed by atoms with Crippen LogP contribution in [0.3, 0.4) is 0 Å². The number of aromatic nitrogens is 3. The summed E-state index contributed by atoms with van der Waals surface area (Å²) in [5.74, 6) is 1.44. The van der Waals surface area contributed by atoms with Gasteiger partial charge in [0, 0.05) is 25.0 Å². The number of aryl methyl sites for hydroxylation is 1. The van der Waals surface area contributed by atoms with E-state index in [1.807, 2.05) is 0 Å². The molecule has 0 unspecified atom stereocenters. The molecular weight excluding hydrogens is 270 g/mol. The maximum atomic E-state index is 11.8. The highest BCUT2D eigenvalue weighted by molar-refractivity contribution is 5.93. The van der Waals surface area contributed by atoms with Gasteiger partial charge in [0.2, 0.25) is 5.95 Å². The summed E-state index contributed by atoms with van der Waals surface area (Å²) in [4.78, 5) is 20.0. The van der Waals surface area contributed by atoms with Crippen LogP contribution in [0.15, 0.2) is 23.0 Å². The summed E-state index contributed by atoms with van der Waals surface area (Å²) in [5, 5.41) is 9.51. The summed E-state index contributed by atoms with van der Waals surface area (Å²) >= 11 is 0. The molecule has 0 radical (unpaired) electrons. The van der Waals surface area contributed by atoms with Crippen LogP contribution in [0.25, 0.3) is 0 Å². The second-order valence-electron chi connectivity index (χ2n) is 4.71. The van der Waals surface area contributed by atoms with Crippen molar-refractivity contribution in [1.82, 2.24) is 20.4 Å². The SMILES string of the molecule is CCCCCNC(=O)c1cnc(Nc2cc(C)on2)nc1. The number of hydrogen-bond donors (Lipinski definition) is 2. The minimum absolute atomic E-state index is 0.157. The third-order valence-electron chi connectivity index (χ3n) is 2.85. The van der Waals surface area contributed by atoms with E-state index in [1.165, 1.54) is 12.4 Å². The maximum Gasteiger partial charge on any atom is 0.254 e. The lowest BCUT2D eigenvalue weighted by Crippen LogP contribution is -2.24. The van der Waals surface area contributed by atoms with Crippen LogP contribution in [0.1, 0.15) is 42.3 Å². The Morgan fingerprint density at radius 1 is 1.29 bits per heavy atom.